The summed E-state index contributed by atoms with van der Waals surface area (Å²) in [5.74, 6) is 0.0371. The van der Waals surface area contributed by atoms with Gasteiger partial charge in [-0.2, -0.15) is 0 Å². The molecule has 2 rings (SSSR count). The lowest BCUT2D eigenvalue weighted by molar-refractivity contribution is 0.0674. The number of benzene rings is 1. The monoisotopic (exact) mass is 395 g/mol. The lowest BCUT2D eigenvalue weighted by Crippen LogP contribution is -2.44. The summed E-state index contributed by atoms with van der Waals surface area (Å²) in [6, 6.07) is 4.68. The molecule has 20 heavy (non-hydrogen) atoms. The van der Waals surface area contributed by atoms with Gasteiger partial charge in [-0.05, 0) is 11.6 Å². The minimum Gasteiger partial charge on any atom is -0.392 e. The molecule has 0 bridgehead atoms. The third kappa shape index (κ3) is 4.57. The number of nitrogens with zero attached hydrogens (tertiary/aromatic N) is 2. The number of aliphatic imine (C=N–C) groups is 1. The maximum absolute atomic E-state index is 13.5. The molecule has 1 aliphatic rings. The summed E-state index contributed by atoms with van der Waals surface area (Å²) in [6.07, 6.45) is 0. The van der Waals surface area contributed by atoms with Crippen molar-refractivity contribution in [3.63, 3.8) is 0 Å². The van der Waals surface area contributed by atoms with E-state index >= 15 is 0 Å². The molecule has 1 aromatic carbocycles. The topological polar surface area (TPSA) is 71.1 Å². The Hall–Kier alpha value is -0.930. The van der Waals surface area contributed by atoms with E-state index in [-0.39, 0.29) is 36.1 Å². The molecule has 0 aromatic heterocycles. The highest BCUT2D eigenvalue weighted by atomic mass is 127. The summed E-state index contributed by atoms with van der Waals surface area (Å²) in [7, 11) is 0. The Labute approximate surface area is 134 Å². The van der Waals surface area contributed by atoms with Crippen molar-refractivity contribution in [1.29, 1.82) is 0 Å². The molecule has 0 amide bonds. The van der Waals surface area contributed by atoms with Gasteiger partial charge in [0, 0.05) is 18.7 Å². The molecule has 0 aliphatic carbocycles. The summed E-state index contributed by atoms with van der Waals surface area (Å²) >= 11 is 0. The minimum absolute atomic E-state index is 0. The maximum Gasteiger partial charge on any atom is 0.191 e. The zero-order chi connectivity index (χ0) is 13.7. The SMILES string of the molecule is I.NC(=NCc1ccc(CO)c(F)c1)N1CCOCC1. The number of aliphatic hydroxyl groups is 1. The summed E-state index contributed by atoms with van der Waals surface area (Å²) in [6.45, 7) is 2.78. The first kappa shape index (κ1) is 17.1. The highest BCUT2D eigenvalue weighted by molar-refractivity contribution is 14.0. The van der Waals surface area contributed by atoms with Crippen LogP contribution in [0, 0.1) is 5.82 Å². The average Bonchev–Trinajstić information content (AvgIpc) is 2.46. The first-order valence-electron chi connectivity index (χ1n) is 6.21. The molecule has 1 saturated heterocycles. The molecule has 7 heteroatoms. The molecule has 3 N–H and O–H groups in total. The highest BCUT2D eigenvalue weighted by Crippen LogP contribution is 2.11. The van der Waals surface area contributed by atoms with Crippen LogP contribution in [0.1, 0.15) is 11.1 Å². The Morgan fingerprint density at radius 3 is 2.70 bits per heavy atom. The molecule has 0 atom stereocenters. The predicted octanol–water partition coefficient (Wildman–Crippen LogP) is 1.08. The van der Waals surface area contributed by atoms with Gasteiger partial charge in [-0.3, -0.25) is 0 Å². The second-order valence-corrected chi connectivity index (χ2v) is 4.36. The minimum atomic E-state index is -0.417. The molecule has 0 radical (unpaired) electrons. The van der Waals surface area contributed by atoms with E-state index in [1.165, 1.54) is 6.07 Å². The van der Waals surface area contributed by atoms with E-state index in [0.717, 1.165) is 18.7 Å². The van der Waals surface area contributed by atoms with Crippen LogP contribution in [-0.2, 0) is 17.9 Å². The van der Waals surface area contributed by atoms with Gasteiger partial charge in [0.05, 0.1) is 26.4 Å². The zero-order valence-corrected chi connectivity index (χ0v) is 13.4. The van der Waals surface area contributed by atoms with Crippen LogP contribution < -0.4 is 5.73 Å². The number of hydrogen-bond donors (Lipinski definition) is 2. The first-order chi connectivity index (χ1) is 9.20. The van der Waals surface area contributed by atoms with Gasteiger partial charge < -0.3 is 20.5 Å². The van der Waals surface area contributed by atoms with E-state index in [1.54, 1.807) is 12.1 Å². The summed E-state index contributed by atoms with van der Waals surface area (Å²) < 4.78 is 18.7. The maximum atomic E-state index is 13.5. The fourth-order valence-electron chi connectivity index (χ4n) is 1.88. The molecular weight excluding hydrogens is 376 g/mol. The lowest BCUT2D eigenvalue weighted by atomic mass is 10.1. The average molecular weight is 395 g/mol. The Bertz CT molecular complexity index is 465. The van der Waals surface area contributed by atoms with Crippen LogP contribution in [0.5, 0.6) is 0 Å². The molecule has 0 unspecified atom stereocenters. The Morgan fingerprint density at radius 1 is 1.40 bits per heavy atom. The second-order valence-electron chi connectivity index (χ2n) is 4.36. The fourth-order valence-corrected chi connectivity index (χ4v) is 1.88. The molecule has 1 heterocycles. The van der Waals surface area contributed by atoms with E-state index in [0.29, 0.717) is 25.7 Å². The van der Waals surface area contributed by atoms with E-state index in [4.69, 9.17) is 15.6 Å². The number of nitrogens with two attached hydrogens (primary N) is 1. The summed E-state index contributed by atoms with van der Waals surface area (Å²) in [5.41, 5.74) is 6.89. The van der Waals surface area contributed by atoms with E-state index < -0.39 is 5.82 Å². The third-order valence-electron chi connectivity index (χ3n) is 3.05. The van der Waals surface area contributed by atoms with Crippen LogP contribution in [0.15, 0.2) is 23.2 Å². The molecule has 1 fully saturated rings. The van der Waals surface area contributed by atoms with Crippen LogP contribution >= 0.6 is 24.0 Å². The predicted molar refractivity (Wildman–Crippen MR) is 85.5 cm³/mol. The van der Waals surface area contributed by atoms with Gasteiger partial charge in [-0.1, -0.05) is 12.1 Å². The number of morpholine rings is 1. The quantitative estimate of drug-likeness (QED) is 0.457. The van der Waals surface area contributed by atoms with Gasteiger partial charge >= 0.3 is 0 Å². The molecule has 112 valence electrons. The van der Waals surface area contributed by atoms with E-state index in [2.05, 4.69) is 4.99 Å². The largest absolute Gasteiger partial charge is 0.392 e. The Kier molecular flexibility index (Phi) is 7.17. The van der Waals surface area contributed by atoms with Crippen LogP contribution in [0.4, 0.5) is 4.39 Å². The van der Waals surface area contributed by atoms with Crippen molar-refractivity contribution in [3.8, 4) is 0 Å². The normalized spacial score (nSPS) is 15.9. The third-order valence-corrected chi connectivity index (χ3v) is 3.05. The Morgan fingerprint density at radius 2 is 2.10 bits per heavy atom. The van der Waals surface area contributed by atoms with Gasteiger partial charge in [-0.25, -0.2) is 9.38 Å². The number of hydrogen-bond acceptors (Lipinski definition) is 3. The van der Waals surface area contributed by atoms with Crippen molar-refractivity contribution in [2.24, 2.45) is 10.7 Å². The molecule has 5 nitrogen and oxygen atoms in total. The zero-order valence-electron chi connectivity index (χ0n) is 11.1. The number of halogens is 2. The second kappa shape index (κ2) is 8.38. The fraction of sp³-hybridized carbons (Fsp3) is 0.462. The molecule has 1 aromatic rings. The number of ether oxygens (including phenoxy) is 1. The van der Waals surface area contributed by atoms with Crippen LogP contribution in [0.3, 0.4) is 0 Å². The standard InChI is InChI=1S/C13H18FN3O2.HI/c14-12-7-10(1-2-11(12)9-18)8-16-13(15)17-3-5-19-6-4-17;/h1-2,7,18H,3-6,8-9H2,(H2,15,16);1H. The van der Waals surface area contributed by atoms with Crippen molar-refractivity contribution >= 4 is 29.9 Å². The van der Waals surface area contributed by atoms with Crippen LogP contribution in [0.25, 0.3) is 0 Å². The van der Waals surface area contributed by atoms with Crippen molar-refractivity contribution < 1.29 is 14.2 Å². The van der Waals surface area contributed by atoms with E-state index in [9.17, 15) is 4.39 Å². The number of aliphatic hydroxyl groups excluding tert-OH is 1. The molecule has 1 aliphatic heterocycles. The molecular formula is C13H19FIN3O2. The highest BCUT2D eigenvalue weighted by Gasteiger charge is 2.12. The number of rotatable bonds is 3. The smallest absolute Gasteiger partial charge is 0.191 e. The van der Waals surface area contributed by atoms with Gasteiger partial charge in [0.2, 0.25) is 0 Å². The van der Waals surface area contributed by atoms with Crippen molar-refractivity contribution in [2.45, 2.75) is 13.2 Å². The van der Waals surface area contributed by atoms with Gasteiger partial charge in [0.1, 0.15) is 5.82 Å². The van der Waals surface area contributed by atoms with Crippen LogP contribution in [0.2, 0.25) is 0 Å². The summed E-state index contributed by atoms with van der Waals surface area (Å²) in [4.78, 5) is 6.20. The summed E-state index contributed by atoms with van der Waals surface area (Å²) in [5, 5.41) is 8.89. The molecule has 0 saturated carbocycles. The lowest BCUT2D eigenvalue weighted by Gasteiger charge is -2.27. The van der Waals surface area contributed by atoms with Crippen molar-refractivity contribution in [1.82, 2.24) is 4.90 Å². The van der Waals surface area contributed by atoms with Gasteiger partial charge in [-0.15, -0.1) is 24.0 Å². The first-order valence-corrected chi connectivity index (χ1v) is 6.21. The van der Waals surface area contributed by atoms with Gasteiger partial charge in [0.25, 0.3) is 0 Å². The van der Waals surface area contributed by atoms with Crippen molar-refractivity contribution in [2.75, 3.05) is 26.3 Å². The Balaban J connectivity index is 0.00000200. The number of guanidine groups is 1. The van der Waals surface area contributed by atoms with E-state index in [1.807, 2.05) is 4.90 Å². The van der Waals surface area contributed by atoms with Crippen molar-refractivity contribution in [3.05, 3.63) is 35.1 Å². The van der Waals surface area contributed by atoms with Gasteiger partial charge in [0.15, 0.2) is 5.96 Å². The van der Waals surface area contributed by atoms with Crippen LogP contribution in [-0.4, -0.2) is 42.3 Å². The molecule has 0 spiro atoms.